The van der Waals surface area contributed by atoms with Crippen LogP contribution in [0.25, 0.3) is 0 Å². The Bertz CT molecular complexity index is 660. The predicted molar refractivity (Wildman–Crippen MR) is 103 cm³/mol. The molecule has 0 unspecified atom stereocenters. The Kier molecular flexibility index (Phi) is 6.64. The van der Waals surface area contributed by atoms with Gasteiger partial charge in [-0.3, -0.25) is 9.80 Å². The molecule has 0 radical (unpaired) electrons. The minimum absolute atomic E-state index is 0.881. The van der Waals surface area contributed by atoms with Crippen molar-refractivity contribution in [1.82, 2.24) is 19.4 Å². The van der Waals surface area contributed by atoms with Gasteiger partial charge < -0.3 is 9.30 Å². The van der Waals surface area contributed by atoms with E-state index in [0.717, 1.165) is 58.3 Å². The molecule has 1 aliphatic rings. The average Bonchev–Trinajstić information content (AvgIpc) is 3.16. The molecule has 1 saturated heterocycles. The van der Waals surface area contributed by atoms with Crippen LogP contribution >= 0.6 is 11.3 Å². The molecule has 0 aromatic carbocycles. The molecule has 3 heterocycles. The van der Waals surface area contributed by atoms with Gasteiger partial charge in [0.25, 0.3) is 0 Å². The number of rotatable bonds is 8. The molecule has 3 rings (SSSR count). The molecule has 6 heteroatoms. The lowest BCUT2D eigenvalue weighted by atomic mass is 10.2. The van der Waals surface area contributed by atoms with Crippen molar-refractivity contribution in [2.45, 2.75) is 33.4 Å². The molecule has 0 saturated carbocycles. The first-order chi connectivity index (χ1) is 12.1. The molecule has 0 N–H and O–H groups in total. The van der Waals surface area contributed by atoms with E-state index in [4.69, 9.17) is 4.74 Å². The summed E-state index contributed by atoms with van der Waals surface area (Å²) in [5.74, 6) is 1.08. The van der Waals surface area contributed by atoms with Crippen LogP contribution in [0.3, 0.4) is 0 Å². The highest BCUT2D eigenvalue weighted by molar-refractivity contribution is 7.10. The Morgan fingerprint density at radius 1 is 1.24 bits per heavy atom. The van der Waals surface area contributed by atoms with Gasteiger partial charge in [-0.1, -0.05) is 0 Å². The van der Waals surface area contributed by atoms with Gasteiger partial charge in [-0.25, -0.2) is 4.98 Å². The quantitative estimate of drug-likeness (QED) is 0.723. The van der Waals surface area contributed by atoms with Crippen molar-refractivity contribution < 1.29 is 4.74 Å². The van der Waals surface area contributed by atoms with Crippen LogP contribution < -0.4 is 0 Å². The van der Waals surface area contributed by atoms with E-state index in [-0.39, 0.29) is 0 Å². The number of nitrogens with zero attached hydrogens (tertiary/aromatic N) is 4. The first-order valence-electron chi connectivity index (χ1n) is 9.16. The fourth-order valence-corrected chi connectivity index (χ4v) is 4.20. The molecule has 0 aliphatic carbocycles. The molecular formula is C19H30N4OS. The van der Waals surface area contributed by atoms with Crippen molar-refractivity contribution in [2.24, 2.45) is 7.05 Å². The van der Waals surface area contributed by atoms with E-state index in [2.05, 4.69) is 51.7 Å². The van der Waals surface area contributed by atoms with E-state index in [9.17, 15) is 0 Å². The second-order valence-electron chi connectivity index (χ2n) is 6.90. The maximum absolute atomic E-state index is 5.44. The Balaban J connectivity index is 1.59. The monoisotopic (exact) mass is 362 g/mol. The zero-order valence-corrected chi connectivity index (χ0v) is 16.5. The SMILES string of the molecule is Cc1ccsc1CN(CCCN1CCOCC1)Cc1cnc(C)n1C. The number of imidazole rings is 1. The molecule has 138 valence electrons. The summed E-state index contributed by atoms with van der Waals surface area (Å²) in [5.41, 5.74) is 2.70. The first-order valence-corrected chi connectivity index (χ1v) is 10.0. The third-order valence-electron chi connectivity index (χ3n) is 5.09. The number of ether oxygens (including phenoxy) is 1. The summed E-state index contributed by atoms with van der Waals surface area (Å²) in [5, 5.41) is 2.20. The van der Waals surface area contributed by atoms with Crippen LogP contribution in [0, 0.1) is 13.8 Å². The van der Waals surface area contributed by atoms with E-state index >= 15 is 0 Å². The highest BCUT2D eigenvalue weighted by Crippen LogP contribution is 2.19. The summed E-state index contributed by atoms with van der Waals surface area (Å²) in [6.07, 6.45) is 3.22. The molecule has 2 aromatic heterocycles. The number of aromatic nitrogens is 2. The van der Waals surface area contributed by atoms with Crippen LogP contribution in [0.1, 0.15) is 28.4 Å². The minimum atomic E-state index is 0.881. The molecule has 0 spiro atoms. The highest BCUT2D eigenvalue weighted by atomic mass is 32.1. The van der Waals surface area contributed by atoms with Crippen LogP contribution in [0.5, 0.6) is 0 Å². The minimum Gasteiger partial charge on any atom is -0.379 e. The zero-order valence-electron chi connectivity index (χ0n) is 15.7. The van der Waals surface area contributed by atoms with Gasteiger partial charge >= 0.3 is 0 Å². The van der Waals surface area contributed by atoms with Gasteiger partial charge in [0.1, 0.15) is 5.82 Å². The number of hydrogen-bond donors (Lipinski definition) is 0. The van der Waals surface area contributed by atoms with E-state index in [1.165, 1.54) is 22.6 Å². The molecule has 0 bridgehead atoms. The molecule has 1 fully saturated rings. The Labute approximate surface area is 155 Å². The van der Waals surface area contributed by atoms with Gasteiger partial charge in [0, 0.05) is 50.8 Å². The predicted octanol–water partition coefficient (Wildman–Crippen LogP) is 2.82. The third kappa shape index (κ3) is 5.14. The van der Waals surface area contributed by atoms with Gasteiger partial charge in [0.2, 0.25) is 0 Å². The van der Waals surface area contributed by atoms with Gasteiger partial charge in [0.05, 0.1) is 18.9 Å². The fraction of sp³-hybridized carbons (Fsp3) is 0.632. The van der Waals surface area contributed by atoms with Crippen LogP contribution in [-0.2, 0) is 24.9 Å². The largest absolute Gasteiger partial charge is 0.379 e. The Morgan fingerprint density at radius 3 is 2.68 bits per heavy atom. The molecule has 2 aromatic rings. The van der Waals surface area contributed by atoms with Gasteiger partial charge in [-0.2, -0.15) is 0 Å². The number of morpholine rings is 1. The van der Waals surface area contributed by atoms with Crippen LogP contribution in [0.4, 0.5) is 0 Å². The molecule has 25 heavy (non-hydrogen) atoms. The van der Waals surface area contributed by atoms with Crippen molar-refractivity contribution in [3.05, 3.63) is 39.6 Å². The van der Waals surface area contributed by atoms with Gasteiger partial charge in [0.15, 0.2) is 0 Å². The standard InChI is InChI=1S/C19H30N4OS/c1-16-5-12-25-19(16)15-23(14-18-13-20-17(2)21(18)3)7-4-6-22-8-10-24-11-9-22/h5,12-13H,4,6-11,14-15H2,1-3H3. The number of hydrogen-bond acceptors (Lipinski definition) is 5. The lowest BCUT2D eigenvalue weighted by Crippen LogP contribution is -2.38. The molecule has 5 nitrogen and oxygen atoms in total. The van der Waals surface area contributed by atoms with E-state index < -0.39 is 0 Å². The zero-order chi connectivity index (χ0) is 17.6. The second kappa shape index (κ2) is 8.94. The molecule has 0 atom stereocenters. The van der Waals surface area contributed by atoms with Crippen LogP contribution in [0.2, 0.25) is 0 Å². The first kappa shape index (κ1) is 18.6. The summed E-state index contributed by atoms with van der Waals surface area (Å²) in [4.78, 5) is 11.0. The lowest BCUT2D eigenvalue weighted by Gasteiger charge is -2.28. The Morgan fingerprint density at radius 2 is 2.04 bits per heavy atom. The molecular weight excluding hydrogens is 332 g/mol. The lowest BCUT2D eigenvalue weighted by molar-refractivity contribution is 0.0358. The maximum atomic E-state index is 5.44. The van der Waals surface area contributed by atoms with Crippen molar-refractivity contribution in [1.29, 1.82) is 0 Å². The molecule has 0 amide bonds. The summed E-state index contributed by atoms with van der Waals surface area (Å²) < 4.78 is 7.65. The second-order valence-corrected chi connectivity index (χ2v) is 7.90. The topological polar surface area (TPSA) is 33.5 Å². The van der Waals surface area contributed by atoms with E-state index in [1.54, 1.807) is 0 Å². The fourth-order valence-electron chi connectivity index (χ4n) is 3.25. The van der Waals surface area contributed by atoms with E-state index in [1.807, 2.05) is 17.5 Å². The summed E-state index contributed by atoms with van der Waals surface area (Å²) in [6.45, 7) is 12.4. The van der Waals surface area contributed by atoms with Crippen LogP contribution in [0.15, 0.2) is 17.6 Å². The Hall–Kier alpha value is -1.21. The summed E-state index contributed by atoms with van der Waals surface area (Å²) in [6, 6.07) is 2.22. The highest BCUT2D eigenvalue weighted by Gasteiger charge is 2.14. The summed E-state index contributed by atoms with van der Waals surface area (Å²) >= 11 is 1.87. The van der Waals surface area contributed by atoms with E-state index in [0.29, 0.717) is 0 Å². The van der Waals surface area contributed by atoms with Gasteiger partial charge in [-0.15, -0.1) is 11.3 Å². The summed E-state index contributed by atoms with van der Waals surface area (Å²) in [7, 11) is 2.11. The number of aryl methyl sites for hydroxylation is 2. The van der Waals surface area contributed by atoms with Crippen molar-refractivity contribution in [3.8, 4) is 0 Å². The average molecular weight is 363 g/mol. The smallest absolute Gasteiger partial charge is 0.105 e. The normalized spacial score (nSPS) is 16.0. The van der Waals surface area contributed by atoms with Crippen molar-refractivity contribution in [3.63, 3.8) is 0 Å². The number of thiophene rings is 1. The maximum Gasteiger partial charge on any atom is 0.105 e. The van der Waals surface area contributed by atoms with Crippen molar-refractivity contribution in [2.75, 3.05) is 39.4 Å². The van der Waals surface area contributed by atoms with Crippen LogP contribution in [-0.4, -0.2) is 58.7 Å². The van der Waals surface area contributed by atoms with Gasteiger partial charge in [-0.05, 0) is 43.8 Å². The molecule has 1 aliphatic heterocycles. The third-order valence-corrected chi connectivity index (χ3v) is 6.10. The van der Waals surface area contributed by atoms with Crippen molar-refractivity contribution >= 4 is 11.3 Å².